The zero-order valence-electron chi connectivity index (χ0n) is 20.8. The van der Waals surface area contributed by atoms with Gasteiger partial charge in [0.25, 0.3) is 5.56 Å². The number of hydrogen-bond donors (Lipinski definition) is 3. The molecule has 0 spiro atoms. The van der Waals surface area contributed by atoms with Crippen LogP contribution < -0.4 is 16.6 Å². The second kappa shape index (κ2) is 10.8. The van der Waals surface area contributed by atoms with Crippen LogP contribution in [0.1, 0.15) is 51.0 Å². The maximum absolute atomic E-state index is 12.9. The number of carbonyl (C=O) groups excluding carboxylic acids is 1. The van der Waals surface area contributed by atoms with Gasteiger partial charge in [0, 0.05) is 24.7 Å². The number of aliphatic hydroxyl groups is 1. The predicted molar refractivity (Wildman–Crippen MR) is 135 cm³/mol. The molecule has 9 heteroatoms. The molecule has 2 aromatic rings. The molecule has 2 unspecified atom stereocenters. The van der Waals surface area contributed by atoms with Crippen molar-refractivity contribution in [3.63, 3.8) is 0 Å². The molecular formula is C27H33N3O6. The Morgan fingerprint density at radius 2 is 2.08 bits per heavy atom. The summed E-state index contributed by atoms with van der Waals surface area (Å²) in [7, 11) is 0. The minimum atomic E-state index is -0.885. The van der Waals surface area contributed by atoms with Crippen LogP contribution in [0.2, 0.25) is 0 Å². The van der Waals surface area contributed by atoms with Crippen molar-refractivity contribution in [2.24, 2.45) is 0 Å². The fourth-order valence-electron chi connectivity index (χ4n) is 4.73. The summed E-state index contributed by atoms with van der Waals surface area (Å²) in [5, 5.41) is 13.3. The SMILES string of the molecule is CCc1cn([C@H]2C[C@H](O)[C@@H](CNC(=O)C(C)OC3(C)CC=CC=C3c3ccccc3)O2)c(=O)[nH]c1=O. The summed E-state index contributed by atoms with van der Waals surface area (Å²) in [6, 6.07) is 9.93. The molecule has 9 nitrogen and oxygen atoms in total. The second-order valence-electron chi connectivity index (χ2n) is 9.42. The number of allylic oxidation sites excluding steroid dienone is 2. The topological polar surface area (TPSA) is 123 Å². The van der Waals surface area contributed by atoms with Gasteiger partial charge in [-0.05, 0) is 37.8 Å². The first-order chi connectivity index (χ1) is 17.2. The molecule has 1 aliphatic heterocycles. The van der Waals surface area contributed by atoms with Crippen LogP contribution >= 0.6 is 0 Å². The molecule has 3 N–H and O–H groups in total. The number of aryl methyl sites for hydroxylation is 1. The van der Waals surface area contributed by atoms with E-state index in [0.717, 1.165) is 11.1 Å². The van der Waals surface area contributed by atoms with Crippen molar-refractivity contribution in [1.29, 1.82) is 0 Å². The molecule has 1 aromatic carbocycles. The summed E-state index contributed by atoms with van der Waals surface area (Å²) in [5.41, 5.74) is 0.782. The number of ether oxygens (including phenoxy) is 2. The van der Waals surface area contributed by atoms with Crippen molar-refractivity contribution in [3.8, 4) is 0 Å². The third-order valence-electron chi connectivity index (χ3n) is 6.78. The van der Waals surface area contributed by atoms with Crippen LogP contribution in [0.25, 0.3) is 5.57 Å². The van der Waals surface area contributed by atoms with E-state index in [2.05, 4.69) is 10.3 Å². The maximum Gasteiger partial charge on any atom is 0.330 e. The van der Waals surface area contributed by atoms with Crippen molar-refractivity contribution in [2.45, 2.75) is 70.2 Å². The van der Waals surface area contributed by atoms with Gasteiger partial charge in [0.05, 0.1) is 11.7 Å². The Kier molecular flexibility index (Phi) is 7.73. The first kappa shape index (κ1) is 25.8. The minimum absolute atomic E-state index is 0.0565. The Hall–Kier alpha value is -3.27. The normalized spacial score (nSPS) is 26.4. The monoisotopic (exact) mass is 495 g/mol. The molecule has 1 saturated heterocycles. The number of benzene rings is 1. The molecule has 2 aliphatic rings. The van der Waals surface area contributed by atoms with E-state index < -0.39 is 41.4 Å². The number of hydrogen-bond acceptors (Lipinski definition) is 6. The van der Waals surface area contributed by atoms with Gasteiger partial charge in [-0.15, -0.1) is 0 Å². The number of rotatable bonds is 8. The summed E-state index contributed by atoms with van der Waals surface area (Å²) in [5.74, 6) is -0.327. The van der Waals surface area contributed by atoms with Gasteiger partial charge in [-0.1, -0.05) is 55.5 Å². The maximum atomic E-state index is 12.9. The molecule has 0 saturated carbocycles. The van der Waals surface area contributed by atoms with Crippen LogP contribution in [0, 0.1) is 0 Å². The van der Waals surface area contributed by atoms with Gasteiger partial charge in [-0.3, -0.25) is 19.1 Å². The largest absolute Gasteiger partial charge is 0.390 e. The van der Waals surface area contributed by atoms with E-state index in [-0.39, 0.29) is 18.9 Å². The summed E-state index contributed by atoms with van der Waals surface area (Å²) in [6.45, 7) is 5.54. The number of nitrogens with one attached hydrogen (secondary N) is 2. The molecule has 1 aliphatic carbocycles. The number of nitrogens with zero attached hydrogens (tertiary/aromatic N) is 1. The van der Waals surface area contributed by atoms with Crippen molar-refractivity contribution >= 4 is 11.5 Å². The number of aromatic amines is 1. The van der Waals surface area contributed by atoms with E-state index in [1.165, 1.54) is 10.8 Å². The number of H-pyrrole nitrogens is 1. The van der Waals surface area contributed by atoms with Crippen LogP contribution in [0.15, 0.2) is 64.3 Å². The number of aromatic nitrogens is 2. The molecule has 2 heterocycles. The lowest BCUT2D eigenvalue weighted by Crippen LogP contribution is -2.45. The first-order valence-corrected chi connectivity index (χ1v) is 12.3. The molecular weight excluding hydrogens is 462 g/mol. The van der Waals surface area contributed by atoms with Gasteiger partial charge >= 0.3 is 5.69 Å². The van der Waals surface area contributed by atoms with Gasteiger partial charge in [-0.25, -0.2) is 4.79 Å². The zero-order valence-corrected chi connectivity index (χ0v) is 20.8. The molecule has 36 heavy (non-hydrogen) atoms. The van der Waals surface area contributed by atoms with Crippen molar-refractivity contribution in [1.82, 2.24) is 14.9 Å². The van der Waals surface area contributed by atoms with Crippen molar-refractivity contribution < 1.29 is 19.4 Å². The molecule has 192 valence electrons. The van der Waals surface area contributed by atoms with Gasteiger partial charge < -0.3 is 19.9 Å². The van der Waals surface area contributed by atoms with E-state index in [0.29, 0.717) is 18.4 Å². The summed E-state index contributed by atoms with van der Waals surface area (Å²) >= 11 is 0. The van der Waals surface area contributed by atoms with Gasteiger partial charge in [0.15, 0.2) is 0 Å². The summed E-state index contributed by atoms with van der Waals surface area (Å²) in [4.78, 5) is 39.3. The van der Waals surface area contributed by atoms with Crippen molar-refractivity contribution in [3.05, 3.63) is 86.7 Å². The highest BCUT2D eigenvalue weighted by molar-refractivity contribution is 5.81. The molecule has 0 bridgehead atoms. The zero-order chi connectivity index (χ0) is 25.9. The average molecular weight is 496 g/mol. The summed E-state index contributed by atoms with van der Waals surface area (Å²) in [6.07, 6.45) is 5.65. The third-order valence-corrected chi connectivity index (χ3v) is 6.78. The van der Waals surface area contributed by atoms with E-state index in [9.17, 15) is 19.5 Å². The Bertz CT molecular complexity index is 1260. The number of aliphatic hydroxyl groups excluding tert-OH is 1. The number of amides is 1. The van der Waals surface area contributed by atoms with Gasteiger partial charge in [0.1, 0.15) is 18.4 Å². The predicted octanol–water partition coefficient (Wildman–Crippen LogP) is 2.07. The first-order valence-electron chi connectivity index (χ1n) is 12.3. The van der Waals surface area contributed by atoms with Gasteiger partial charge in [0.2, 0.25) is 5.91 Å². The minimum Gasteiger partial charge on any atom is -0.390 e. The quantitative estimate of drug-likeness (QED) is 0.515. The van der Waals surface area contributed by atoms with E-state index >= 15 is 0 Å². The lowest BCUT2D eigenvalue weighted by molar-refractivity contribution is -0.139. The lowest BCUT2D eigenvalue weighted by atomic mass is 9.83. The highest BCUT2D eigenvalue weighted by atomic mass is 16.5. The van der Waals surface area contributed by atoms with E-state index in [1.807, 2.05) is 62.4 Å². The molecule has 4 rings (SSSR count). The Morgan fingerprint density at radius 3 is 2.81 bits per heavy atom. The highest BCUT2D eigenvalue weighted by Gasteiger charge is 2.37. The van der Waals surface area contributed by atoms with Crippen LogP contribution in [-0.4, -0.2) is 51.0 Å². The summed E-state index contributed by atoms with van der Waals surface area (Å²) < 4.78 is 13.4. The molecule has 5 atom stereocenters. The highest BCUT2D eigenvalue weighted by Crippen LogP contribution is 2.37. The van der Waals surface area contributed by atoms with Crippen LogP contribution in [-0.2, 0) is 20.7 Å². The Morgan fingerprint density at radius 1 is 1.33 bits per heavy atom. The van der Waals surface area contributed by atoms with Crippen LogP contribution in [0.5, 0.6) is 0 Å². The van der Waals surface area contributed by atoms with Crippen molar-refractivity contribution in [2.75, 3.05) is 6.54 Å². The fourth-order valence-corrected chi connectivity index (χ4v) is 4.73. The fraction of sp³-hybridized carbons (Fsp3) is 0.444. The molecule has 1 amide bonds. The molecule has 1 fully saturated rings. The Balaban J connectivity index is 1.37. The second-order valence-corrected chi connectivity index (χ2v) is 9.42. The lowest BCUT2D eigenvalue weighted by Gasteiger charge is -2.36. The van der Waals surface area contributed by atoms with Crippen LogP contribution in [0.4, 0.5) is 0 Å². The van der Waals surface area contributed by atoms with E-state index in [4.69, 9.17) is 9.47 Å². The average Bonchev–Trinajstić information content (AvgIpc) is 3.23. The third kappa shape index (κ3) is 5.43. The molecule has 0 radical (unpaired) electrons. The smallest absolute Gasteiger partial charge is 0.330 e. The molecule has 1 aromatic heterocycles. The number of carbonyl (C=O) groups is 1. The van der Waals surface area contributed by atoms with Crippen LogP contribution in [0.3, 0.4) is 0 Å². The Labute approximate surface area is 209 Å². The standard InChI is InChI=1S/C27H33N3O6/c1-4-18-16-30(26(34)29-25(18)33)23-14-21(31)22(35-23)15-28-24(32)17(2)36-27(3)13-9-8-12-20(27)19-10-6-5-7-11-19/h5-12,16-17,21-23,31H,4,13-15H2,1-3H3,(H,28,32)(H,29,33,34)/t17?,21-,22+,23+,27?/m0/s1. The van der Waals surface area contributed by atoms with E-state index in [1.54, 1.807) is 6.92 Å². The van der Waals surface area contributed by atoms with Gasteiger partial charge in [-0.2, -0.15) is 0 Å².